The molecule has 6 nitrogen and oxygen atoms in total. The van der Waals surface area contributed by atoms with Crippen molar-refractivity contribution in [2.45, 2.75) is 20.0 Å². The van der Waals surface area contributed by atoms with Gasteiger partial charge in [0, 0.05) is 6.08 Å². The van der Waals surface area contributed by atoms with E-state index in [0.29, 0.717) is 22.0 Å². The summed E-state index contributed by atoms with van der Waals surface area (Å²) in [5.41, 5.74) is 1.16. The molecule has 0 spiro atoms. The lowest BCUT2D eigenvalue weighted by Gasteiger charge is -2.07. The summed E-state index contributed by atoms with van der Waals surface area (Å²) < 4.78 is 11.1. The first-order valence-electron chi connectivity index (χ1n) is 7.65. The molecular weight excluding hydrogens is 340 g/mol. The van der Waals surface area contributed by atoms with Gasteiger partial charge in [-0.1, -0.05) is 11.3 Å². The van der Waals surface area contributed by atoms with Crippen LogP contribution in [0.2, 0.25) is 0 Å². The van der Waals surface area contributed by atoms with Crippen molar-refractivity contribution < 1.29 is 18.7 Å². The predicted octanol–water partition coefficient (Wildman–Crippen LogP) is 4.11. The number of hydrogen-bond donors (Lipinski definition) is 1. The third-order valence-electron chi connectivity index (χ3n) is 3.14. The molecule has 1 amide bonds. The molecule has 25 heavy (non-hydrogen) atoms. The second kappa shape index (κ2) is 7.31. The molecular formula is C18H16N2O4S. The Bertz CT molecular complexity index is 926. The quantitative estimate of drug-likeness (QED) is 0.550. The molecule has 0 bridgehead atoms. The molecule has 0 radical (unpaired) electrons. The van der Waals surface area contributed by atoms with Crippen LogP contribution in [0.1, 0.15) is 30.0 Å². The molecule has 0 fully saturated rings. The van der Waals surface area contributed by atoms with Gasteiger partial charge in [0.1, 0.15) is 5.76 Å². The number of carbonyl (C=O) groups is 2. The zero-order chi connectivity index (χ0) is 17.8. The molecule has 0 unspecified atom stereocenters. The summed E-state index contributed by atoms with van der Waals surface area (Å²) in [5, 5.41) is 3.16. The lowest BCUT2D eigenvalue weighted by molar-refractivity contribution is -0.111. The normalized spacial score (nSPS) is 11.3. The number of amides is 1. The van der Waals surface area contributed by atoms with Crippen LogP contribution >= 0.6 is 11.3 Å². The smallest absolute Gasteiger partial charge is 0.338 e. The summed E-state index contributed by atoms with van der Waals surface area (Å²) in [6.07, 6.45) is 4.30. The molecule has 2 aromatic heterocycles. The van der Waals surface area contributed by atoms with Crippen molar-refractivity contribution in [2.24, 2.45) is 0 Å². The molecule has 1 N–H and O–H groups in total. The lowest BCUT2D eigenvalue weighted by Crippen LogP contribution is -2.11. The average Bonchev–Trinajstić information content (AvgIpc) is 3.20. The summed E-state index contributed by atoms with van der Waals surface area (Å²) in [4.78, 5) is 28.2. The number of rotatable bonds is 5. The Hall–Kier alpha value is -2.93. The van der Waals surface area contributed by atoms with Crippen LogP contribution < -0.4 is 5.32 Å². The van der Waals surface area contributed by atoms with E-state index < -0.39 is 0 Å². The highest BCUT2D eigenvalue weighted by Crippen LogP contribution is 2.27. The Balaban J connectivity index is 1.72. The van der Waals surface area contributed by atoms with Gasteiger partial charge in [-0.15, -0.1) is 0 Å². The molecule has 0 saturated carbocycles. The maximum Gasteiger partial charge on any atom is 0.338 e. The van der Waals surface area contributed by atoms with Crippen LogP contribution in [-0.4, -0.2) is 23.0 Å². The minimum Gasteiger partial charge on any atom is -0.465 e. The molecule has 0 aliphatic carbocycles. The third-order valence-corrected chi connectivity index (χ3v) is 4.07. The van der Waals surface area contributed by atoms with Crippen molar-refractivity contribution >= 4 is 44.6 Å². The molecule has 0 saturated heterocycles. The number of aromatic nitrogens is 1. The topological polar surface area (TPSA) is 81.4 Å². The summed E-state index contributed by atoms with van der Waals surface area (Å²) in [7, 11) is 0. The third kappa shape index (κ3) is 4.33. The minimum atomic E-state index is -0.378. The van der Waals surface area contributed by atoms with E-state index in [0.717, 1.165) is 4.70 Å². The van der Waals surface area contributed by atoms with Crippen molar-refractivity contribution in [3.8, 4) is 0 Å². The fourth-order valence-corrected chi connectivity index (χ4v) is 2.99. The van der Waals surface area contributed by atoms with Crippen LogP contribution in [0.25, 0.3) is 16.3 Å². The Labute approximate surface area is 148 Å². The fraction of sp³-hybridized carbons (Fsp3) is 0.167. The van der Waals surface area contributed by atoms with Crippen LogP contribution in [-0.2, 0) is 9.53 Å². The largest absolute Gasteiger partial charge is 0.465 e. The van der Waals surface area contributed by atoms with E-state index in [9.17, 15) is 9.59 Å². The molecule has 0 aliphatic rings. The Kier molecular flexibility index (Phi) is 4.95. The highest BCUT2D eigenvalue weighted by atomic mass is 32.1. The van der Waals surface area contributed by atoms with E-state index in [1.54, 1.807) is 50.3 Å². The number of ether oxygens (including phenoxy) is 1. The zero-order valence-electron chi connectivity index (χ0n) is 13.7. The number of anilines is 1. The van der Waals surface area contributed by atoms with E-state index >= 15 is 0 Å². The van der Waals surface area contributed by atoms with E-state index in [1.807, 2.05) is 0 Å². The number of thiazole rings is 1. The van der Waals surface area contributed by atoms with Gasteiger partial charge in [-0.05, 0) is 50.3 Å². The Morgan fingerprint density at radius 3 is 2.88 bits per heavy atom. The molecule has 3 aromatic rings. The lowest BCUT2D eigenvalue weighted by atomic mass is 10.2. The van der Waals surface area contributed by atoms with Crippen LogP contribution in [0.4, 0.5) is 5.13 Å². The van der Waals surface area contributed by atoms with Gasteiger partial charge in [0.05, 0.1) is 28.1 Å². The maximum absolute atomic E-state index is 12.0. The maximum atomic E-state index is 12.0. The van der Waals surface area contributed by atoms with Crippen LogP contribution in [0, 0.1) is 0 Å². The van der Waals surface area contributed by atoms with Gasteiger partial charge in [-0.25, -0.2) is 9.78 Å². The highest BCUT2D eigenvalue weighted by Gasteiger charge is 2.12. The SMILES string of the molecule is CC(C)OC(=O)c1ccc2nc(NC(=O)/C=C/c3ccco3)sc2c1. The number of fused-ring (bicyclic) bond motifs is 1. The second-order valence-corrected chi connectivity index (χ2v) is 6.52. The number of nitrogens with zero attached hydrogens (tertiary/aromatic N) is 1. The number of hydrogen-bond acceptors (Lipinski definition) is 6. The molecule has 0 atom stereocenters. The average molecular weight is 356 g/mol. The number of nitrogens with one attached hydrogen (secondary N) is 1. The first-order chi connectivity index (χ1) is 12.0. The van der Waals surface area contributed by atoms with E-state index in [-0.39, 0.29) is 18.0 Å². The molecule has 2 heterocycles. The predicted molar refractivity (Wildman–Crippen MR) is 96.5 cm³/mol. The number of benzene rings is 1. The zero-order valence-corrected chi connectivity index (χ0v) is 14.5. The van der Waals surface area contributed by atoms with Crippen molar-refractivity contribution in [3.63, 3.8) is 0 Å². The van der Waals surface area contributed by atoms with Crippen LogP contribution in [0.15, 0.2) is 47.1 Å². The number of furan rings is 1. The van der Waals surface area contributed by atoms with Gasteiger partial charge in [-0.2, -0.15) is 0 Å². The number of esters is 1. The van der Waals surface area contributed by atoms with Gasteiger partial charge in [0.2, 0.25) is 5.91 Å². The molecule has 128 valence electrons. The summed E-state index contributed by atoms with van der Waals surface area (Å²) in [5.74, 6) is -0.0973. The van der Waals surface area contributed by atoms with Gasteiger partial charge in [0.15, 0.2) is 5.13 Å². The van der Waals surface area contributed by atoms with Gasteiger partial charge in [0.25, 0.3) is 0 Å². The summed E-state index contributed by atoms with van der Waals surface area (Å²) in [6, 6.07) is 8.60. The Morgan fingerprint density at radius 1 is 1.32 bits per heavy atom. The highest BCUT2D eigenvalue weighted by molar-refractivity contribution is 7.22. The second-order valence-electron chi connectivity index (χ2n) is 5.49. The molecule has 0 aliphatic heterocycles. The van der Waals surface area contributed by atoms with Gasteiger partial charge in [-0.3, -0.25) is 10.1 Å². The summed E-state index contributed by atoms with van der Waals surface area (Å²) in [6.45, 7) is 3.60. The van der Waals surface area contributed by atoms with Gasteiger partial charge >= 0.3 is 5.97 Å². The Morgan fingerprint density at radius 2 is 2.16 bits per heavy atom. The van der Waals surface area contributed by atoms with Crippen LogP contribution in [0.3, 0.4) is 0 Å². The van der Waals surface area contributed by atoms with Crippen molar-refractivity contribution in [1.29, 1.82) is 0 Å². The summed E-state index contributed by atoms with van der Waals surface area (Å²) >= 11 is 1.29. The van der Waals surface area contributed by atoms with Crippen molar-refractivity contribution in [2.75, 3.05) is 5.32 Å². The monoisotopic (exact) mass is 356 g/mol. The molecule has 7 heteroatoms. The van der Waals surface area contributed by atoms with E-state index in [1.165, 1.54) is 23.7 Å². The van der Waals surface area contributed by atoms with Crippen LogP contribution in [0.5, 0.6) is 0 Å². The first-order valence-corrected chi connectivity index (χ1v) is 8.47. The van der Waals surface area contributed by atoms with E-state index in [4.69, 9.17) is 9.15 Å². The minimum absolute atomic E-state index is 0.180. The molecule has 1 aromatic carbocycles. The fourth-order valence-electron chi connectivity index (χ4n) is 2.08. The van der Waals surface area contributed by atoms with Crippen molar-refractivity contribution in [1.82, 2.24) is 4.98 Å². The first kappa shape index (κ1) is 16.9. The molecule has 3 rings (SSSR count). The van der Waals surface area contributed by atoms with Crippen molar-refractivity contribution in [3.05, 3.63) is 54.0 Å². The van der Waals surface area contributed by atoms with E-state index in [2.05, 4.69) is 10.3 Å². The standard InChI is InChI=1S/C18H16N2O4S/c1-11(2)24-17(22)12-5-7-14-15(10-12)25-18(19-14)20-16(21)8-6-13-4-3-9-23-13/h3-11H,1-2H3,(H,19,20,21)/b8-6+. The van der Waals surface area contributed by atoms with Gasteiger partial charge < -0.3 is 9.15 Å². The number of carbonyl (C=O) groups excluding carboxylic acids is 2.